The molecule has 0 heterocycles. The van der Waals surface area contributed by atoms with Crippen LogP contribution in [0.2, 0.25) is 0 Å². The summed E-state index contributed by atoms with van der Waals surface area (Å²) in [7, 11) is 0. The second-order valence-electron chi connectivity index (χ2n) is 5.22. The van der Waals surface area contributed by atoms with Crippen LogP contribution in [0.25, 0.3) is 0 Å². The Balaban J connectivity index is -0.000000110. The molecule has 0 aromatic carbocycles. The molecule has 0 aromatic rings. The topological polar surface area (TPSA) is 246 Å². The fourth-order valence-electron chi connectivity index (χ4n) is 1.03. The summed E-state index contributed by atoms with van der Waals surface area (Å²) < 4.78 is 4.18. The van der Waals surface area contributed by atoms with Gasteiger partial charge in [0, 0.05) is 12.2 Å². The molecule has 1 amide bonds. The quantitative estimate of drug-likeness (QED) is 0.0924. The van der Waals surface area contributed by atoms with Crippen molar-refractivity contribution in [1.29, 1.82) is 0 Å². The minimum atomic E-state index is -0.981. The molecule has 0 rings (SSSR count). The summed E-state index contributed by atoms with van der Waals surface area (Å²) in [5, 5.41) is 39.2. The van der Waals surface area contributed by atoms with Gasteiger partial charge in [-0.1, -0.05) is 26.0 Å². The Bertz CT molecular complexity index is 571. The van der Waals surface area contributed by atoms with Gasteiger partial charge in [-0.25, -0.2) is 34.0 Å². The monoisotopic (exact) mass is 493 g/mol. The molecule has 0 radical (unpaired) electrons. The number of nitrogens with zero attached hydrogens (tertiary/aromatic N) is 2. The van der Waals surface area contributed by atoms with Gasteiger partial charge >= 0.3 is 18.0 Å². The van der Waals surface area contributed by atoms with Gasteiger partial charge in [-0.05, 0) is 19.8 Å². The summed E-state index contributed by atoms with van der Waals surface area (Å²) in [6.45, 7) is 8.36. The summed E-state index contributed by atoms with van der Waals surface area (Å²) in [5.41, 5.74) is 4.54. The zero-order valence-corrected chi connectivity index (χ0v) is 19.2. The molecule has 0 aromatic heterocycles. The van der Waals surface area contributed by atoms with Crippen molar-refractivity contribution in [2.75, 3.05) is 32.9 Å². The number of aliphatic imine (C=N–C) groups is 2. The number of carbonyl (C=O) groups excluding carboxylic acids is 3. The Morgan fingerprint density at radius 1 is 0.912 bits per heavy atom. The number of ether oxygens (including phenoxy) is 1. The zero-order chi connectivity index (χ0) is 27.6. The number of aliphatic hydroxyl groups excluding tert-OH is 3. The number of unbranched alkanes of at least 4 members (excludes halogenated alkanes) is 3. The van der Waals surface area contributed by atoms with E-state index in [0.29, 0.717) is 19.7 Å². The van der Waals surface area contributed by atoms with E-state index in [0.717, 1.165) is 37.8 Å². The van der Waals surface area contributed by atoms with E-state index >= 15 is 0 Å². The Labute approximate surface area is 197 Å². The fourth-order valence-corrected chi connectivity index (χ4v) is 1.03. The number of rotatable bonds is 12. The maximum Gasteiger partial charge on any atom is 0.404 e. The Hall–Kier alpha value is -3.67. The molecule has 0 atom stereocenters. The number of primary amides is 1. The van der Waals surface area contributed by atoms with E-state index in [1.165, 1.54) is 12.2 Å². The second-order valence-corrected chi connectivity index (χ2v) is 5.22. The highest BCUT2D eigenvalue weighted by atomic mass is 16.5. The van der Waals surface area contributed by atoms with E-state index < -0.39 is 24.1 Å². The molecule has 0 unspecified atom stereocenters. The summed E-state index contributed by atoms with van der Waals surface area (Å²) in [6, 6.07) is 0. The second kappa shape index (κ2) is 39.8. The first kappa shape index (κ1) is 40.7. The lowest BCUT2D eigenvalue weighted by Gasteiger charge is -1.96. The fraction of sp³-hybridized carbons (Fsp3) is 0.550. The summed E-state index contributed by atoms with van der Waals surface area (Å²) in [4.78, 5) is 54.2. The van der Waals surface area contributed by atoms with Crippen molar-refractivity contribution in [2.45, 2.75) is 38.7 Å². The number of carboxylic acids is 2. The van der Waals surface area contributed by atoms with Gasteiger partial charge < -0.3 is 36.0 Å². The third kappa shape index (κ3) is 79.4. The van der Waals surface area contributed by atoms with E-state index in [2.05, 4.69) is 33.6 Å². The number of hydrogen-bond donors (Lipinski definition) is 6. The molecular weight excluding hydrogens is 458 g/mol. The van der Waals surface area contributed by atoms with Gasteiger partial charge in [0.05, 0.1) is 32.9 Å². The molecular formula is C20H35N3O11. The lowest BCUT2D eigenvalue weighted by molar-refractivity contribution is -0.132. The highest BCUT2D eigenvalue weighted by molar-refractivity contribution is 5.79. The molecule has 0 aliphatic heterocycles. The summed E-state index contributed by atoms with van der Waals surface area (Å²) in [6.07, 6.45) is 6.80. The predicted octanol–water partition coefficient (Wildman–Crippen LogP) is 0.166. The number of carboxylic acid groups (broad SMARTS) is 2. The van der Waals surface area contributed by atoms with Crippen molar-refractivity contribution in [1.82, 2.24) is 0 Å². The van der Waals surface area contributed by atoms with Gasteiger partial charge in [0.2, 0.25) is 12.2 Å². The van der Waals surface area contributed by atoms with Crippen LogP contribution in [-0.2, 0) is 23.9 Å². The van der Waals surface area contributed by atoms with Crippen LogP contribution in [0.3, 0.4) is 0 Å². The smallest absolute Gasteiger partial charge is 0.404 e. The van der Waals surface area contributed by atoms with Crippen LogP contribution in [0.5, 0.6) is 0 Å². The number of aliphatic carboxylic acids is 2. The van der Waals surface area contributed by atoms with E-state index in [9.17, 15) is 24.0 Å². The van der Waals surface area contributed by atoms with Gasteiger partial charge in [0.15, 0.2) is 0 Å². The van der Waals surface area contributed by atoms with Crippen molar-refractivity contribution in [3.05, 3.63) is 25.3 Å². The van der Waals surface area contributed by atoms with Crippen LogP contribution < -0.4 is 5.73 Å². The number of isocyanates is 2. The van der Waals surface area contributed by atoms with E-state index in [-0.39, 0.29) is 13.2 Å². The summed E-state index contributed by atoms with van der Waals surface area (Å²) in [5.74, 6) is -1.96. The van der Waals surface area contributed by atoms with Gasteiger partial charge in [-0.3, -0.25) is 0 Å². The maximum absolute atomic E-state index is 9.63. The normalized spacial score (nSPS) is 7.91. The van der Waals surface area contributed by atoms with E-state index in [4.69, 9.17) is 25.5 Å². The average Bonchev–Trinajstić information content (AvgIpc) is 2.81. The lowest BCUT2D eigenvalue weighted by atomic mass is 10.2. The molecule has 34 heavy (non-hydrogen) atoms. The predicted molar refractivity (Wildman–Crippen MR) is 121 cm³/mol. The average molecular weight is 494 g/mol. The molecule has 14 heteroatoms. The first-order chi connectivity index (χ1) is 16.0. The number of nitrogens with two attached hydrogens (primary N) is 1. The largest absolute Gasteiger partial charge is 0.478 e. The minimum Gasteiger partial charge on any atom is -0.478 e. The van der Waals surface area contributed by atoms with Crippen LogP contribution >= 0.6 is 0 Å². The molecule has 7 N–H and O–H groups in total. The standard InChI is InChI=1S/C8H12N2O2.C3H7NO2.C3H8O3.2C3H4O2/c11-7-9-5-3-1-2-4-6-10-8-12;1-2-6-3(4)5;4-1-3(6)2-5;2*1-2-3(4)5/h1-6H2;2H2,1H3,(H2,4,5);3-6H,1-2H2;2*2H,1H2,(H,4,5). The van der Waals surface area contributed by atoms with Crippen LogP contribution in [0, 0.1) is 0 Å². The minimum absolute atomic E-state index is 0.356. The van der Waals surface area contributed by atoms with Crippen molar-refractivity contribution in [2.24, 2.45) is 15.7 Å². The third-order valence-corrected chi connectivity index (χ3v) is 2.48. The Morgan fingerprint density at radius 2 is 1.24 bits per heavy atom. The Kier molecular flexibility index (Phi) is 47.6. The Morgan fingerprint density at radius 3 is 1.35 bits per heavy atom. The van der Waals surface area contributed by atoms with Crippen LogP contribution in [-0.4, -0.2) is 94.7 Å². The van der Waals surface area contributed by atoms with Crippen LogP contribution in [0.15, 0.2) is 35.3 Å². The van der Waals surface area contributed by atoms with Crippen LogP contribution in [0.4, 0.5) is 4.79 Å². The molecule has 14 nitrogen and oxygen atoms in total. The molecule has 0 bridgehead atoms. The van der Waals surface area contributed by atoms with Crippen molar-refractivity contribution in [3.8, 4) is 0 Å². The maximum atomic E-state index is 9.63. The highest BCUT2D eigenvalue weighted by Gasteiger charge is 1.93. The molecule has 0 aliphatic carbocycles. The van der Waals surface area contributed by atoms with Gasteiger partial charge in [0.25, 0.3) is 0 Å². The molecule has 0 fully saturated rings. The number of aliphatic hydroxyl groups is 3. The van der Waals surface area contributed by atoms with Gasteiger partial charge in [-0.2, -0.15) is 0 Å². The van der Waals surface area contributed by atoms with Gasteiger partial charge in [0.1, 0.15) is 6.10 Å². The first-order valence-corrected chi connectivity index (χ1v) is 9.64. The van der Waals surface area contributed by atoms with Gasteiger partial charge in [-0.15, -0.1) is 0 Å². The van der Waals surface area contributed by atoms with Crippen molar-refractivity contribution >= 4 is 30.2 Å². The molecule has 0 spiro atoms. The molecule has 0 saturated carbocycles. The van der Waals surface area contributed by atoms with Crippen molar-refractivity contribution < 1.29 is 54.2 Å². The van der Waals surface area contributed by atoms with E-state index in [1.807, 2.05) is 0 Å². The molecule has 196 valence electrons. The zero-order valence-electron chi connectivity index (χ0n) is 19.2. The molecule has 0 aliphatic rings. The number of carbonyl (C=O) groups is 3. The lowest BCUT2D eigenvalue weighted by Crippen LogP contribution is -2.15. The SMILES string of the molecule is C=CC(=O)O.C=CC(=O)O.CCOC(N)=O.O=C=NCCCCCCN=C=O.OCC(O)CO. The first-order valence-electron chi connectivity index (χ1n) is 9.64. The highest BCUT2D eigenvalue weighted by Crippen LogP contribution is 1.99. The third-order valence-electron chi connectivity index (χ3n) is 2.48. The van der Waals surface area contributed by atoms with Crippen LogP contribution in [0.1, 0.15) is 32.6 Å². The number of hydrogen-bond acceptors (Lipinski definition) is 11. The molecule has 0 saturated heterocycles. The summed E-state index contributed by atoms with van der Waals surface area (Å²) >= 11 is 0. The van der Waals surface area contributed by atoms with Crippen molar-refractivity contribution in [3.63, 3.8) is 0 Å². The van der Waals surface area contributed by atoms with E-state index in [1.54, 1.807) is 6.92 Å². The number of amides is 1.